The molecule has 0 aliphatic rings. The van der Waals surface area contributed by atoms with Gasteiger partial charge in [-0.1, -0.05) is 0 Å². The molecule has 0 aromatic carbocycles. The molecular formula is C18H21N5O4. The number of amides is 2. The summed E-state index contributed by atoms with van der Waals surface area (Å²) in [6.07, 6.45) is 1.42. The van der Waals surface area contributed by atoms with Gasteiger partial charge in [0, 0.05) is 25.8 Å². The third-order valence-electron chi connectivity index (χ3n) is 3.90. The van der Waals surface area contributed by atoms with Gasteiger partial charge in [-0.15, -0.1) is 5.10 Å². The van der Waals surface area contributed by atoms with Crippen molar-refractivity contribution in [3.63, 3.8) is 0 Å². The molecule has 9 heteroatoms. The Bertz CT molecular complexity index is 962. The molecule has 0 radical (unpaired) electrons. The second kappa shape index (κ2) is 7.90. The second-order valence-electron chi connectivity index (χ2n) is 6.08. The minimum absolute atomic E-state index is 0.175. The van der Waals surface area contributed by atoms with Crippen LogP contribution in [0.1, 0.15) is 21.8 Å². The van der Waals surface area contributed by atoms with E-state index in [1.165, 1.54) is 6.26 Å². The lowest BCUT2D eigenvalue weighted by atomic mass is 10.2. The first-order chi connectivity index (χ1) is 13.0. The summed E-state index contributed by atoms with van der Waals surface area (Å²) in [7, 11) is 1.78. The Morgan fingerprint density at radius 3 is 2.78 bits per heavy atom. The molecule has 0 bridgehead atoms. The first kappa shape index (κ1) is 18.4. The monoisotopic (exact) mass is 371 g/mol. The van der Waals surface area contributed by atoms with Crippen LogP contribution in [0.5, 0.6) is 5.88 Å². The molecule has 2 amide bonds. The molecule has 0 aliphatic carbocycles. The average molecular weight is 371 g/mol. The Morgan fingerprint density at radius 2 is 2.04 bits per heavy atom. The Balaban J connectivity index is 1.48. The van der Waals surface area contributed by atoms with Gasteiger partial charge in [0.1, 0.15) is 0 Å². The Kier molecular flexibility index (Phi) is 5.39. The van der Waals surface area contributed by atoms with Crippen molar-refractivity contribution in [3.05, 3.63) is 41.5 Å². The minimum Gasteiger partial charge on any atom is -0.466 e. The van der Waals surface area contributed by atoms with Crippen molar-refractivity contribution in [2.75, 3.05) is 19.7 Å². The predicted molar refractivity (Wildman–Crippen MR) is 97.5 cm³/mol. The number of aromatic nitrogens is 3. The van der Waals surface area contributed by atoms with E-state index in [4.69, 9.17) is 9.15 Å². The number of ether oxygens (including phenoxy) is 1. The fourth-order valence-electron chi connectivity index (χ4n) is 2.71. The summed E-state index contributed by atoms with van der Waals surface area (Å²) in [6, 6.07) is 5.14. The molecule has 0 aliphatic heterocycles. The van der Waals surface area contributed by atoms with Gasteiger partial charge in [-0.3, -0.25) is 9.59 Å². The predicted octanol–water partition coefficient (Wildman–Crippen LogP) is 1.10. The number of pyridine rings is 1. The summed E-state index contributed by atoms with van der Waals surface area (Å²) in [6.45, 7) is 4.24. The molecular weight excluding hydrogens is 350 g/mol. The Labute approximate surface area is 155 Å². The lowest BCUT2D eigenvalue weighted by molar-refractivity contribution is -0.123. The van der Waals surface area contributed by atoms with E-state index in [1.807, 2.05) is 19.9 Å². The highest BCUT2D eigenvalue weighted by Crippen LogP contribution is 2.26. The SMILES string of the molecule is Cc1cc(C)c2c(OCC(=O)NCCNC(=O)c3ccco3)nn(C)c2n1. The third-order valence-corrected chi connectivity index (χ3v) is 3.90. The summed E-state index contributed by atoms with van der Waals surface area (Å²) in [5.74, 6) is -0.0350. The van der Waals surface area contributed by atoms with Crippen LogP contribution in [0, 0.1) is 13.8 Å². The molecule has 0 fully saturated rings. The maximum Gasteiger partial charge on any atom is 0.287 e. The van der Waals surface area contributed by atoms with E-state index in [0.717, 1.165) is 16.6 Å². The zero-order valence-electron chi connectivity index (χ0n) is 15.4. The van der Waals surface area contributed by atoms with Gasteiger partial charge in [0.15, 0.2) is 18.0 Å². The minimum atomic E-state index is -0.330. The van der Waals surface area contributed by atoms with Crippen molar-refractivity contribution in [2.24, 2.45) is 7.05 Å². The van der Waals surface area contributed by atoms with Gasteiger partial charge in [-0.05, 0) is 37.6 Å². The quantitative estimate of drug-likeness (QED) is 0.602. The molecule has 27 heavy (non-hydrogen) atoms. The van der Waals surface area contributed by atoms with Crippen LogP contribution >= 0.6 is 0 Å². The Hall–Kier alpha value is -3.36. The van der Waals surface area contributed by atoms with E-state index in [1.54, 1.807) is 23.9 Å². The first-order valence-electron chi connectivity index (χ1n) is 8.48. The second-order valence-corrected chi connectivity index (χ2v) is 6.08. The van der Waals surface area contributed by atoms with Crippen molar-refractivity contribution in [2.45, 2.75) is 13.8 Å². The number of aryl methyl sites for hydroxylation is 3. The van der Waals surface area contributed by atoms with Crippen LogP contribution in [0.4, 0.5) is 0 Å². The van der Waals surface area contributed by atoms with Crippen LogP contribution in [0.25, 0.3) is 11.0 Å². The number of hydrogen-bond donors (Lipinski definition) is 2. The standard InChI is InChI=1S/C18H21N5O4/c1-11-9-12(2)21-16-15(11)18(22-23(16)3)27-10-14(24)19-6-7-20-17(25)13-5-4-8-26-13/h4-5,8-9H,6-7,10H2,1-3H3,(H,19,24)(H,20,25). The van der Waals surface area contributed by atoms with Gasteiger partial charge in [0.2, 0.25) is 5.88 Å². The van der Waals surface area contributed by atoms with E-state index >= 15 is 0 Å². The van der Waals surface area contributed by atoms with Gasteiger partial charge in [-0.25, -0.2) is 9.67 Å². The van der Waals surface area contributed by atoms with E-state index in [2.05, 4.69) is 20.7 Å². The van der Waals surface area contributed by atoms with Crippen molar-refractivity contribution < 1.29 is 18.7 Å². The number of carbonyl (C=O) groups is 2. The van der Waals surface area contributed by atoms with Crippen molar-refractivity contribution in [3.8, 4) is 5.88 Å². The van der Waals surface area contributed by atoms with Crippen molar-refractivity contribution >= 4 is 22.8 Å². The zero-order valence-corrected chi connectivity index (χ0v) is 15.4. The Morgan fingerprint density at radius 1 is 1.26 bits per heavy atom. The molecule has 0 atom stereocenters. The van der Waals surface area contributed by atoms with Crippen LogP contribution in [0.3, 0.4) is 0 Å². The van der Waals surface area contributed by atoms with Gasteiger partial charge in [0.05, 0.1) is 11.6 Å². The molecule has 2 N–H and O–H groups in total. The summed E-state index contributed by atoms with van der Waals surface area (Å²) in [5.41, 5.74) is 2.59. The van der Waals surface area contributed by atoms with Gasteiger partial charge in [-0.2, -0.15) is 0 Å². The van der Waals surface area contributed by atoms with E-state index < -0.39 is 0 Å². The van der Waals surface area contributed by atoms with E-state index in [0.29, 0.717) is 11.5 Å². The molecule has 3 aromatic rings. The van der Waals surface area contributed by atoms with Crippen molar-refractivity contribution in [1.82, 2.24) is 25.4 Å². The molecule has 0 unspecified atom stereocenters. The summed E-state index contributed by atoms with van der Waals surface area (Å²) >= 11 is 0. The van der Waals surface area contributed by atoms with Gasteiger partial charge in [0.25, 0.3) is 11.8 Å². The average Bonchev–Trinajstić information content (AvgIpc) is 3.25. The van der Waals surface area contributed by atoms with E-state index in [-0.39, 0.29) is 37.3 Å². The highest BCUT2D eigenvalue weighted by atomic mass is 16.5. The van der Waals surface area contributed by atoms with Crippen LogP contribution in [0.15, 0.2) is 28.9 Å². The van der Waals surface area contributed by atoms with E-state index in [9.17, 15) is 9.59 Å². The number of carbonyl (C=O) groups excluding carboxylic acids is 2. The van der Waals surface area contributed by atoms with Crippen LogP contribution < -0.4 is 15.4 Å². The zero-order chi connectivity index (χ0) is 19.4. The summed E-state index contributed by atoms with van der Waals surface area (Å²) in [5, 5.41) is 10.4. The lowest BCUT2D eigenvalue weighted by Crippen LogP contribution is -2.36. The molecule has 9 nitrogen and oxygen atoms in total. The smallest absolute Gasteiger partial charge is 0.287 e. The maximum atomic E-state index is 12.0. The summed E-state index contributed by atoms with van der Waals surface area (Å²) in [4.78, 5) is 28.1. The molecule has 0 saturated heterocycles. The molecule has 3 heterocycles. The number of rotatable bonds is 7. The van der Waals surface area contributed by atoms with Crippen LogP contribution in [-0.4, -0.2) is 46.3 Å². The normalized spacial score (nSPS) is 10.8. The first-order valence-corrected chi connectivity index (χ1v) is 8.48. The van der Waals surface area contributed by atoms with Gasteiger partial charge < -0.3 is 19.8 Å². The number of fused-ring (bicyclic) bond motifs is 1. The van der Waals surface area contributed by atoms with Crippen LogP contribution in [0.2, 0.25) is 0 Å². The maximum absolute atomic E-state index is 12.0. The molecule has 0 saturated carbocycles. The topological polar surface area (TPSA) is 111 Å². The van der Waals surface area contributed by atoms with Gasteiger partial charge >= 0.3 is 0 Å². The largest absolute Gasteiger partial charge is 0.466 e. The fourth-order valence-corrected chi connectivity index (χ4v) is 2.71. The third kappa shape index (κ3) is 4.25. The highest BCUT2D eigenvalue weighted by molar-refractivity contribution is 5.91. The number of hydrogen-bond acceptors (Lipinski definition) is 6. The molecule has 142 valence electrons. The molecule has 3 aromatic heterocycles. The fraction of sp³-hybridized carbons (Fsp3) is 0.333. The molecule has 0 spiro atoms. The number of furan rings is 1. The number of nitrogens with zero attached hydrogens (tertiary/aromatic N) is 3. The van der Waals surface area contributed by atoms with Crippen molar-refractivity contribution in [1.29, 1.82) is 0 Å². The summed E-state index contributed by atoms with van der Waals surface area (Å²) < 4.78 is 12.2. The molecule has 3 rings (SSSR count). The van der Waals surface area contributed by atoms with Crippen LogP contribution in [-0.2, 0) is 11.8 Å². The lowest BCUT2D eigenvalue weighted by Gasteiger charge is -2.07. The number of nitrogens with one attached hydrogen (secondary N) is 2. The highest BCUT2D eigenvalue weighted by Gasteiger charge is 2.15.